The zero-order chi connectivity index (χ0) is 11.9. The fraction of sp³-hybridized carbons (Fsp3) is 0.818. The number of aliphatic hydroxyl groups is 1. The van der Waals surface area contributed by atoms with Crippen LogP contribution in [0, 0.1) is 23.2 Å². The molecular formula is C11H17N3OS. The molecule has 0 spiro atoms. The molecule has 0 radical (unpaired) electrons. The number of hydrogen-bond acceptors (Lipinski definition) is 3. The normalized spacial score (nSPS) is 47.4. The molecule has 3 aliphatic rings. The molecule has 1 heterocycles. The van der Waals surface area contributed by atoms with Gasteiger partial charge in [0.05, 0.1) is 5.92 Å². The van der Waals surface area contributed by atoms with Crippen molar-refractivity contribution in [3.63, 3.8) is 0 Å². The third kappa shape index (κ3) is 0.942. The van der Waals surface area contributed by atoms with E-state index >= 15 is 0 Å². The highest BCUT2D eigenvalue weighted by atomic mass is 32.1. The van der Waals surface area contributed by atoms with Crippen LogP contribution >= 0.6 is 12.2 Å². The van der Waals surface area contributed by atoms with Crippen molar-refractivity contribution in [3.05, 3.63) is 0 Å². The summed E-state index contributed by atoms with van der Waals surface area (Å²) in [4.78, 5) is 0. The Hall–Kier alpha value is -0.680. The maximum atomic E-state index is 10.7. The molecule has 3 N–H and O–H groups in total. The lowest BCUT2D eigenvalue weighted by Gasteiger charge is -2.35. The summed E-state index contributed by atoms with van der Waals surface area (Å²) in [5.74, 6) is 1.21. The maximum Gasteiger partial charge on any atom is 0.189 e. The predicted octanol–water partition coefficient (Wildman–Crippen LogP) is 0.902. The molecule has 2 saturated carbocycles. The summed E-state index contributed by atoms with van der Waals surface area (Å²) >= 11 is 4.95. The van der Waals surface area contributed by atoms with Gasteiger partial charge in [-0.3, -0.25) is 0 Å². The van der Waals surface area contributed by atoms with E-state index in [0.717, 1.165) is 12.1 Å². The van der Waals surface area contributed by atoms with Crippen molar-refractivity contribution in [2.24, 2.45) is 34.0 Å². The highest BCUT2D eigenvalue weighted by molar-refractivity contribution is 7.80. The first-order valence-electron chi connectivity index (χ1n) is 5.67. The van der Waals surface area contributed by atoms with E-state index in [1.807, 2.05) is 6.92 Å². The van der Waals surface area contributed by atoms with Crippen molar-refractivity contribution >= 4 is 23.0 Å². The molecule has 1 aliphatic heterocycles. The molecule has 16 heavy (non-hydrogen) atoms. The highest BCUT2D eigenvalue weighted by Crippen LogP contribution is 2.73. The summed E-state index contributed by atoms with van der Waals surface area (Å²) < 4.78 is 0. The lowest BCUT2D eigenvalue weighted by Crippen LogP contribution is -2.52. The van der Waals surface area contributed by atoms with E-state index in [4.69, 9.17) is 18.0 Å². The van der Waals surface area contributed by atoms with Crippen LogP contribution in [0.2, 0.25) is 0 Å². The zero-order valence-corrected chi connectivity index (χ0v) is 10.6. The molecule has 0 aromatic carbocycles. The fourth-order valence-corrected chi connectivity index (χ4v) is 4.13. The summed E-state index contributed by atoms with van der Waals surface area (Å²) in [6.07, 6.45) is 0.730. The monoisotopic (exact) mass is 239 g/mol. The Bertz CT molecular complexity index is 419. The van der Waals surface area contributed by atoms with Crippen LogP contribution in [0.1, 0.15) is 27.2 Å². The van der Waals surface area contributed by atoms with Crippen LogP contribution in [0.25, 0.3) is 0 Å². The maximum absolute atomic E-state index is 10.7. The predicted molar refractivity (Wildman–Crippen MR) is 65.6 cm³/mol. The Kier molecular flexibility index (Phi) is 1.70. The second kappa shape index (κ2) is 2.59. The van der Waals surface area contributed by atoms with Crippen LogP contribution in [0.3, 0.4) is 0 Å². The number of rotatable bonds is 0. The first-order chi connectivity index (χ1) is 7.30. The second-order valence-electron chi connectivity index (χ2n) is 5.91. The Morgan fingerprint density at radius 1 is 1.62 bits per heavy atom. The van der Waals surface area contributed by atoms with E-state index in [2.05, 4.69) is 18.9 Å². The molecule has 4 nitrogen and oxygen atoms in total. The third-order valence-corrected chi connectivity index (χ3v) is 4.97. The van der Waals surface area contributed by atoms with E-state index < -0.39 is 5.72 Å². The van der Waals surface area contributed by atoms with Gasteiger partial charge in [0, 0.05) is 12.1 Å². The molecule has 0 saturated heterocycles. The molecule has 0 aromatic rings. The SMILES string of the molecule is CC1=NN(C(N)=S)C2(O)CC3C(C12)C3(C)C. The van der Waals surface area contributed by atoms with Crippen LogP contribution in [-0.4, -0.2) is 26.7 Å². The zero-order valence-electron chi connectivity index (χ0n) is 9.77. The second-order valence-corrected chi connectivity index (χ2v) is 6.32. The number of fused-ring (bicyclic) bond motifs is 3. The Morgan fingerprint density at radius 2 is 2.25 bits per heavy atom. The number of hydrazone groups is 1. The summed E-state index contributed by atoms with van der Waals surface area (Å²) in [5, 5.41) is 16.6. The minimum Gasteiger partial charge on any atom is -0.375 e. The average Bonchev–Trinajstić information content (AvgIpc) is 2.51. The molecule has 4 unspecified atom stereocenters. The van der Waals surface area contributed by atoms with E-state index in [-0.39, 0.29) is 11.0 Å². The Labute approximate surface area is 100 Å². The van der Waals surface area contributed by atoms with Gasteiger partial charge in [0.25, 0.3) is 0 Å². The molecule has 0 bridgehead atoms. The molecule has 88 valence electrons. The Balaban J connectivity index is 1.99. The van der Waals surface area contributed by atoms with Gasteiger partial charge in [-0.2, -0.15) is 5.10 Å². The van der Waals surface area contributed by atoms with Crippen LogP contribution < -0.4 is 5.73 Å². The summed E-state index contributed by atoms with van der Waals surface area (Å²) in [5.41, 5.74) is 5.97. The molecular weight excluding hydrogens is 222 g/mol. The van der Waals surface area contributed by atoms with Crippen molar-refractivity contribution in [1.82, 2.24) is 5.01 Å². The molecule has 5 heteroatoms. The van der Waals surface area contributed by atoms with Gasteiger partial charge in [-0.05, 0) is 36.4 Å². The van der Waals surface area contributed by atoms with Crippen LogP contribution in [0.15, 0.2) is 5.10 Å². The molecule has 0 amide bonds. The summed E-state index contributed by atoms with van der Waals surface area (Å²) in [6.45, 7) is 6.49. The van der Waals surface area contributed by atoms with Crippen molar-refractivity contribution in [3.8, 4) is 0 Å². The van der Waals surface area contributed by atoms with Crippen molar-refractivity contribution < 1.29 is 5.11 Å². The minimum atomic E-state index is -0.944. The van der Waals surface area contributed by atoms with Gasteiger partial charge in [-0.15, -0.1) is 0 Å². The third-order valence-electron chi connectivity index (χ3n) is 4.80. The first kappa shape index (κ1) is 10.5. The van der Waals surface area contributed by atoms with E-state index in [1.165, 1.54) is 5.01 Å². The number of nitrogens with two attached hydrogens (primary N) is 1. The van der Waals surface area contributed by atoms with Gasteiger partial charge in [0.2, 0.25) is 0 Å². The lowest BCUT2D eigenvalue weighted by molar-refractivity contribution is -0.0850. The van der Waals surface area contributed by atoms with Crippen LogP contribution in [0.5, 0.6) is 0 Å². The highest BCUT2D eigenvalue weighted by Gasteiger charge is 2.75. The number of nitrogens with zero attached hydrogens (tertiary/aromatic N) is 2. The van der Waals surface area contributed by atoms with Gasteiger partial charge in [-0.1, -0.05) is 13.8 Å². The summed E-state index contributed by atoms with van der Waals surface area (Å²) in [6, 6.07) is 0. The largest absolute Gasteiger partial charge is 0.375 e. The lowest BCUT2D eigenvalue weighted by atomic mass is 9.84. The standard InChI is InChI=1S/C11H17N3OS/c1-5-7-8-6(10(8,2)3)4-11(7,15)14(13-5)9(12)16/h6-8,15H,4H2,1-3H3,(H2,12,16). The van der Waals surface area contributed by atoms with Crippen LogP contribution in [0.4, 0.5) is 0 Å². The van der Waals surface area contributed by atoms with E-state index in [0.29, 0.717) is 17.3 Å². The van der Waals surface area contributed by atoms with Crippen molar-refractivity contribution in [1.29, 1.82) is 0 Å². The summed E-state index contributed by atoms with van der Waals surface area (Å²) in [7, 11) is 0. The first-order valence-corrected chi connectivity index (χ1v) is 6.08. The van der Waals surface area contributed by atoms with Gasteiger partial charge in [-0.25, -0.2) is 5.01 Å². The van der Waals surface area contributed by atoms with Gasteiger partial charge in [0.15, 0.2) is 10.8 Å². The van der Waals surface area contributed by atoms with Gasteiger partial charge in [0.1, 0.15) is 0 Å². The topological polar surface area (TPSA) is 61.8 Å². The van der Waals surface area contributed by atoms with Crippen molar-refractivity contribution in [2.45, 2.75) is 32.9 Å². The number of hydrogen-bond donors (Lipinski definition) is 2. The molecule has 0 aromatic heterocycles. The van der Waals surface area contributed by atoms with Gasteiger partial charge >= 0.3 is 0 Å². The molecule has 4 atom stereocenters. The van der Waals surface area contributed by atoms with Crippen LogP contribution in [-0.2, 0) is 0 Å². The molecule has 3 rings (SSSR count). The average molecular weight is 239 g/mol. The van der Waals surface area contributed by atoms with E-state index in [1.54, 1.807) is 0 Å². The van der Waals surface area contributed by atoms with Gasteiger partial charge < -0.3 is 10.8 Å². The fourth-order valence-electron chi connectivity index (χ4n) is 3.94. The number of thiocarbonyl (C=S) groups is 1. The molecule has 2 fully saturated rings. The minimum absolute atomic E-state index is 0.106. The van der Waals surface area contributed by atoms with Crippen molar-refractivity contribution in [2.75, 3.05) is 0 Å². The quantitative estimate of drug-likeness (QED) is 0.617. The smallest absolute Gasteiger partial charge is 0.189 e. The Morgan fingerprint density at radius 3 is 2.81 bits per heavy atom. The van der Waals surface area contributed by atoms with E-state index in [9.17, 15) is 5.11 Å². The molecule has 2 aliphatic carbocycles.